The van der Waals surface area contributed by atoms with Gasteiger partial charge in [0.1, 0.15) is 5.03 Å². The van der Waals surface area contributed by atoms with Crippen molar-refractivity contribution >= 4 is 46.7 Å². The van der Waals surface area contributed by atoms with Crippen LogP contribution in [-0.2, 0) is 6.18 Å². The van der Waals surface area contributed by atoms with Gasteiger partial charge in [0.2, 0.25) is 5.90 Å². The van der Waals surface area contributed by atoms with Crippen molar-refractivity contribution in [3.63, 3.8) is 0 Å². The van der Waals surface area contributed by atoms with Gasteiger partial charge in [-0.2, -0.15) is 13.2 Å². The second-order valence-corrected chi connectivity index (χ2v) is 6.58. The maximum atomic E-state index is 12.7. The van der Waals surface area contributed by atoms with Gasteiger partial charge in [-0.05, 0) is 32.9 Å². The van der Waals surface area contributed by atoms with Crippen molar-refractivity contribution in [3.05, 3.63) is 38.5 Å². The molecule has 0 heterocycles. The number of urea groups is 1. The average Bonchev–Trinajstić information content (AvgIpc) is 2.47. The minimum Gasteiger partial charge on any atom is -0.435 e. The van der Waals surface area contributed by atoms with Gasteiger partial charge in [-0.15, -0.1) is 0 Å². The summed E-state index contributed by atoms with van der Waals surface area (Å²) >= 11 is 17.5. The Labute approximate surface area is 162 Å². The lowest BCUT2D eigenvalue weighted by Gasteiger charge is -2.15. The fraction of sp³-hybridized carbons (Fsp3) is 0.333. The molecule has 11 heteroatoms. The van der Waals surface area contributed by atoms with E-state index in [1.807, 2.05) is 0 Å². The monoisotopic (exact) mass is 431 g/mol. The third-order valence-electron chi connectivity index (χ3n) is 2.78. The molecule has 0 aliphatic carbocycles. The van der Waals surface area contributed by atoms with Gasteiger partial charge in [-0.3, -0.25) is 5.41 Å². The second kappa shape index (κ2) is 8.83. The number of ether oxygens (including phenoxy) is 1. The molecule has 0 saturated carbocycles. The summed E-state index contributed by atoms with van der Waals surface area (Å²) < 4.78 is 43.2. The predicted molar refractivity (Wildman–Crippen MR) is 95.2 cm³/mol. The minimum atomic E-state index is -4.64. The largest absolute Gasteiger partial charge is 0.435 e. The Kier molecular flexibility index (Phi) is 7.61. The zero-order chi connectivity index (χ0) is 20.2. The van der Waals surface area contributed by atoms with Crippen molar-refractivity contribution in [2.45, 2.75) is 33.0 Å². The molecule has 1 rings (SSSR count). The molecule has 5 nitrogen and oxygen atoms in total. The molecular formula is C15H15Cl3F3N3O2. The fourth-order valence-corrected chi connectivity index (χ4v) is 2.31. The number of nitrogens with one attached hydrogen (secondary N) is 3. The Balaban J connectivity index is 3.00. The first-order chi connectivity index (χ1) is 11.8. The molecule has 0 aliphatic rings. The maximum absolute atomic E-state index is 12.7. The van der Waals surface area contributed by atoms with Crippen molar-refractivity contribution in [3.8, 4) is 5.75 Å². The highest BCUT2D eigenvalue weighted by atomic mass is 35.5. The van der Waals surface area contributed by atoms with E-state index in [0.717, 1.165) is 0 Å². The van der Waals surface area contributed by atoms with Crippen molar-refractivity contribution in [1.82, 2.24) is 10.6 Å². The Hall–Kier alpha value is -1.64. The first kappa shape index (κ1) is 22.4. The zero-order valence-corrected chi connectivity index (χ0v) is 16.1. The van der Waals surface area contributed by atoms with Gasteiger partial charge in [0.05, 0.1) is 15.6 Å². The first-order valence-corrected chi connectivity index (χ1v) is 8.23. The van der Waals surface area contributed by atoms with E-state index in [4.69, 9.17) is 44.9 Å². The molecule has 0 bridgehead atoms. The fourth-order valence-electron chi connectivity index (χ4n) is 1.66. The van der Waals surface area contributed by atoms with Crippen molar-refractivity contribution < 1.29 is 22.7 Å². The number of carbonyl (C=O) groups excluding carboxylic acids is 1. The first-order valence-electron chi connectivity index (χ1n) is 7.09. The lowest BCUT2D eigenvalue weighted by atomic mass is 10.2. The van der Waals surface area contributed by atoms with Gasteiger partial charge in [-0.25, -0.2) is 4.79 Å². The number of benzene rings is 1. The zero-order valence-electron chi connectivity index (χ0n) is 13.8. The van der Waals surface area contributed by atoms with E-state index >= 15 is 0 Å². The molecule has 144 valence electrons. The van der Waals surface area contributed by atoms with E-state index in [1.54, 1.807) is 13.8 Å². The van der Waals surface area contributed by atoms with E-state index < -0.39 is 33.7 Å². The molecule has 0 atom stereocenters. The lowest BCUT2D eigenvalue weighted by Crippen LogP contribution is -2.39. The van der Waals surface area contributed by atoms with E-state index in [0.29, 0.717) is 12.1 Å². The number of carbonyl (C=O) groups is 1. The quantitative estimate of drug-likeness (QED) is 0.431. The van der Waals surface area contributed by atoms with Gasteiger partial charge in [0.25, 0.3) is 0 Å². The van der Waals surface area contributed by atoms with Crippen LogP contribution in [0.2, 0.25) is 10.0 Å². The predicted octanol–water partition coefficient (Wildman–Crippen LogP) is 5.55. The molecule has 1 aromatic carbocycles. The second-order valence-electron chi connectivity index (χ2n) is 5.39. The molecule has 3 N–H and O–H groups in total. The molecule has 26 heavy (non-hydrogen) atoms. The van der Waals surface area contributed by atoms with Crippen LogP contribution in [-0.4, -0.2) is 18.0 Å². The molecule has 0 spiro atoms. The summed E-state index contributed by atoms with van der Waals surface area (Å²) in [5, 5.41) is 11.6. The number of hydrogen-bond acceptors (Lipinski definition) is 3. The van der Waals surface area contributed by atoms with Crippen LogP contribution in [0, 0.1) is 5.41 Å². The van der Waals surface area contributed by atoms with Crippen LogP contribution >= 0.6 is 34.8 Å². The summed E-state index contributed by atoms with van der Waals surface area (Å²) in [6.07, 6.45) is -4.64. The third-order valence-corrected chi connectivity index (χ3v) is 3.80. The van der Waals surface area contributed by atoms with Crippen LogP contribution in [0.25, 0.3) is 0 Å². The number of alkyl halides is 3. The number of allylic oxidation sites excluding steroid dienone is 1. The topological polar surface area (TPSA) is 74.2 Å². The van der Waals surface area contributed by atoms with Gasteiger partial charge >= 0.3 is 12.2 Å². The van der Waals surface area contributed by atoms with Crippen LogP contribution in [0.3, 0.4) is 0 Å². The van der Waals surface area contributed by atoms with Gasteiger partial charge < -0.3 is 15.4 Å². The maximum Gasteiger partial charge on any atom is 0.416 e. The molecule has 0 unspecified atom stereocenters. The molecule has 0 radical (unpaired) electrons. The molecule has 0 aliphatic heterocycles. The van der Waals surface area contributed by atoms with E-state index in [9.17, 15) is 18.0 Å². The van der Waals surface area contributed by atoms with Crippen LogP contribution in [0.5, 0.6) is 5.75 Å². The standard InChI is InChI=1S/C15H15Cl3F3N3O2/c1-6(2)23-14(25)24-7(3)11(18)13(22)26-12-9(16)4-8(5-10(12)17)15(19,20)21/h4-6,22H,1-3H3,(H2,23,24,25)/b11-7+,22-13?. The van der Waals surface area contributed by atoms with Crippen LogP contribution in [0.1, 0.15) is 26.3 Å². The van der Waals surface area contributed by atoms with E-state index in [-0.39, 0.29) is 22.5 Å². The molecule has 2 amide bonds. The van der Waals surface area contributed by atoms with Gasteiger partial charge in [0.15, 0.2) is 5.75 Å². The molecular weight excluding hydrogens is 418 g/mol. The van der Waals surface area contributed by atoms with E-state index in [1.165, 1.54) is 6.92 Å². The Bertz CT molecular complexity index is 726. The van der Waals surface area contributed by atoms with E-state index in [2.05, 4.69) is 10.6 Å². The smallest absolute Gasteiger partial charge is 0.416 e. The van der Waals surface area contributed by atoms with Crippen molar-refractivity contribution in [2.75, 3.05) is 0 Å². The average molecular weight is 433 g/mol. The Morgan fingerprint density at radius 2 is 1.73 bits per heavy atom. The molecule has 0 saturated heterocycles. The SMILES string of the molecule is C/C(NC(=O)NC(C)C)=C(\Cl)C(=N)Oc1c(Cl)cc(C(F)(F)F)cc1Cl. The summed E-state index contributed by atoms with van der Waals surface area (Å²) in [5.74, 6) is -1.01. The molecule has 1 aromatic rings. The summed E-state index contributed by atoms with van der Waals surface area (Å²) in [7, 11) is 0. The van der Waals surface area contributed by atoms with Crippen molar-refractivity contribution in [2.24, 2.45) is 0 Å². The number of halogens is 6. The van der Waals surface area contributed by atoms with Crippen molar-refractivity contribution in [1.29, 1.82) is 5.41 Å². The number of rotatable bonds is 4. The summed E-state index contributed by atoms with van der Waals surface area (Å²) in [6.45, 7) is 4.91. The highest BCUT2D eigenvalue weighted by Crippen LogP contribution is 2.40. The normalized spacial score (nSPS) is 12.5. The summed E-state index contributed by atoms with van der Waals surface area (Å²) in [6, 6.07) is 0.570. The van der Waals surface area contributed by atoms with Gasteiger partial charge in [0, 0.05) is 11.7 Å². The minimum absolute atomic E-state index is 0.0916. The highest BCUT2D eigenvalue weighted by molar-refractivity contribution is 6.43. The molecule has 0 aromatic heterocycles. The van der Waals surface area contributed by atoms with Crippen LogP contribution < -0.4 is 15.4 Å². The Morgan fingerprint density at radius 3 is 2.15 bits per heavy atom. The van der Waals surface area contributed by atoms with Crippen LogP contribution in [0.4, 0.5) is 18.0 Å². The van der Waals surface area contributed by atoms with Gasteiger partial charge in [-0.1, -0.05) is 34.8 Å². The molecule has 0 fully saturated rings. The highest BCUT2D eigenvalue weighted by Gasteiger charge is 2.32. The summed E-state index contributed by atoms with van der Waals surface area (Å²) in [5.41, 5.74) is -0.967. The Morgan fingerprint density at radius 1 is 1.23 bits per heavy atom. The number of amides is 2. The lowest BCUT2D eigenvalue weighted by molar-refractivity contribution is -0.137. The summed E-state index contributed by atoms with van der Waals surface area (Å²) in [4.78, 5) is 11.6. The number of hydrogen-bond donors (Lipinski definition) is 3. The van der Waals surface area contributed by atoms with Crippen LogP contribution in [0.15, 0.2) is 22.9 Å². The third kappa shape index (κ3) is 6.26.